The lowest BCUT2D eigenvalue weighted by Crippen LogP contribution is -2.44. The molecule has 0 spiro atoms. The molecule has 1 saturated heterocycles. The van der Waals surface area contributed by atoms with Gasteiger partial charge in [-0.25, -0.2) is 14.0 Å². The van der Waals surface area contributed by atoms with Crippen molar-refractivity contribution < 1.29 is 8.95 Å². The van der Waals surface area contributed by atoms with Gasteiger partial charge < -0.3 is 9.64 Å². The molecule has 1 aromatic carbocycles. The van der Waals surface area contributed by atoms with Gasteiger partial charge in [0.05, 0.1) is 34.7 Å². The third kappa shape index (κ3) is 3.74. The van der Waals surface area contributed by atoms with Gasteiger partial charge in [-0.1, -0.05) is 12.1 Å². The predicted octanol–water partition coefficient (Wildman–Crippen LogP) is 3.95. The van der Waals surface area contributed by atoms with Gasteiger partial charge in [-0.2, -0.15) is 5.10 Å². The first kappa shape index (κ1) is 20.6. The van der Waals surface area contributed by atoms with Crippen molar-refractivity contribution in [3.63, 3.8) is 0 Å². The summed E-state index contributed by atoms with van der Waals surface area (Å²) in [6, 6.07) is 13.5. The summed E-state index contributed by atoms with van der Waals surface area (Å²) in [6.45, 7) is 4.19. The quantitative estimate of drug-likeness (QED) is 0.489. The first-order chi connectivity index (χ1) is 15.4. The second kappa shape index (κ2) is 7.99. The Kier molecular flexibility index (Phi) is 5.15. The topological polar surface area (TPSA) is 108 Å². The van der Waals surface area contributed by atoms with E-state index in [0.717, 1.165) is 45.8 Å². The number of rotatable bonds is 4. The molecule has 0 radical (unpaired) electrons. The number of aromatic amines is 1. The third-order valence-electron chi connectivity index (χ3n) is 5.75. The molecule has 3 aromatic heterocycles. The number of anilines is 1. The van der Waals surface area contributed by atoms with E-state index in [0.29, 0.717) is 18.1 Å². The van der Waals surface area contributed by atoms with Crippen LogP contribution < -0.4 is 4.90 Å². The lowest BCUT2D eigenvalue weighted by atomic mass is 10.00. The zero-order valence-electron chi connectivity index (χ0n) is 17.9. The first-order valence-electron chi connectivity index (χ1n) is 10.4. The summed E-state index contributed by atoms with van der Waals surface area (Å²) in [5.74, 6) is 0.862. The summed E-state index contributed by atoms with van der Waals surface area (Å²) in [5.41, 5.74) is 4.30. The fraction of sp³-hybridized carbons (Fsp3) is 0.261. The Morgan fingerprint density at radius 3 is 2.69 bits per heavy atom. The van der Waals surface area contributed by atoms with Crippen LogP contribution in [-0.2, 0) is 14.5 Å². The van der Waals surface area contributed by atoms with Gasteiger partial charge in [0.25, 0.3) is 0 Å². The van der Waals surface area contributed by atoms with Crippen molar-refractivity contribution in [1.29, 1.82) is 4.78 Å². The maximum atomic E-state index is 12.1. The van der Waals surface area contributed by atoms with E-state index in [2.05, 4.69) is 33.1 Å². The van der Waals surface area contributed by atoms with Crippen molar-refractivity contribution in [3.05, 3.63) is 54.9 Å². The highest BCUT2D eigenvalue weighted by atomic mass is 32.2. The number of nitrogens with zero attached hydrogens (tertiary/aromatic N) is 4. The molecule has 1 fully saturated rings. The summed E-state index contributed by atoms with van der Waals surface area (Å²) in [4.78, 5) is 12.4. The Balaban J connectivity index is 1.75. The number of nitrogens with one attached hydrogen (secondary N) is 2. The van der Waals surface area contributed by atoms with Crippen molar-refractivity contribution in [2.45, 2.75) is 17.9 Å². The Morgan fingerprint density at radius 1 is 1.19 bits per heavy atom. The van der Waals surface area contributed by atoms with Crippen LogP contribution in [0.1, 0.15) is 6.92 Å². The van der Waals surface area contributed by atoms with E-state index in [1.54, 1.807) is 24.5 Å². The van der Waals surface area contributed by atoms with E-state index < -0.39 is 9.73 Å². The van der Waals surface area contributed by atoms with Gasteiger partial charge in [-0.05, 0) is 48.4 Å². The molecule has 0 saturated carbocycles. The zero-order valence-corrected chi connectivity index (χ0v) is 18.7. The normalized spacial score (nSPS) is 18.6. The number of aromatic nitrogens is 4. The van der Waals surface area contributed by atoms with Gasteiger partial charge >= 0.3 is 0 Å². The van der Waals surface area contributed by atoms with E-state index in [9.17, 15) is 4.21 Å². The van der Waals surface area contributed by atoms with Crippen LogP contribution in [0.4, 0.5) is 5.82 Å². The molecule has 2 atom stereocenters. The summed E-state index contributed by atoms with van der Waals surface area (Å²) in [6.07, 6.45) is 4.91. The average Bonchev–Trinajstić information content (AvgIpc) is 3.32. The largest absolute Gasteiger partial charge is 0.377 e. The molecular formula is C23H24N6O2S. The number of ether oxygens (including phenoxy) is 1. The molecule has 8 nitrogen and oxygen atoms in total. The minimum Gasteiger partial charge on any atom is -0.377 e. The van der Waals surface area contributed by atoms with Crippen LogP contribution in [0.2, 0.25) is 0 Å². The van der Waals surface area contributed by atoms with Gasteiger partial charge in [0.2, 0.25) is 0 Å². The summed E-state index contributed by atoms with van der Waals surface area (Å²) >= 11 is 0. The van der Waals surface area contributed by atoms with E-state index in [1.165, 1.54) is 6.26 Å². The molecule has 5 rings (SSSR count). The highest BCUT2D eigenvalue weighted by molar-refractivity contribution is 7.91. The maximum Gasteiger partial charge on any atom is 0.130 e. The van der Waals surface area contributed by atoms with E-state index in [-0.39, 0.29) is 6.04 Å². The molecule has 1 aliphatic heterocycles. The number of hydrogen-bond acceptors (Lipinski definition) is 7. The van der Waals surface area contributed by atoms with Crippen LogP contribution in [0.15, 0.2) is 59.8 Å². The Morgan fingerprint density at radius 2 is 2.00 bits per heavy atom. The first-order valence-corrected chi connectivity index (χ1v) is 12.4. The molecule has 164 valence electrons. The molecular weight excluding hydrogens is 424 g/mol. The highest BCUT2D eigenvalue weighted by Crippen LogP contribution is 2.35. The average molecular weight is 449 g/mol. The molecule has 32 heavy (non-hydrogen) atoms. The van der Waals surface area contributed by atoms with Crippen molar-refractivity contribution in [2.24, 2.45) is 0 Å². The van der Waals surface area contributed by atoms with Crippen molar-refractivity contribution >= 4 is 26.4 Å². The fourth-order valence-electron chi connectivity index (χ4n) is 4.07. The van der Waals surface area contributed by atoms with Gasteiger partial charge in [-0.3, -0.25) is 10.1 Å². The SMILES string of the molecule is CC1COCCN1c1cc(-c2ccc(S(C)(=N)=O)cc2)c2ccnc(-c3ccn[nH]3)c2n1. The Hall–Kier alpha value is -3.30. The number of fused-ring (bicyclic) bond motifs is 1. The van der Waals surface area contributed by atoms with Crippen LogP contribution in [0.25, 0.3) is 33.4 Å². The minimum atomic E-state index is -2.77. The molecule has 1 aliphatic rings. The predicted molar refractivity (Wildman–Crippen MR) is 125 cm³/mol. The van der Waals surface area contributed by atoms with Crippen molar-refractivity contribution in [1.82, 2.24) is 20.2 Å². The van der Waals surface area contributed by atoms with Crippen molar-refractivity contribution in [2.75, 3.05) is 30.9 Å². The second-order valence-electron chi connectivity index (χ2n) is 8.04. The standard InChI is InChI=1S/C23H24N6O2S/c1-15-14-31-12-11-29(15)21-13-19(16-3-5-17(6-4-16)32(2,24)30)18-7-9-25-23(22(18)27-21)20-8-10-26-28-20/h3-10,13,15,24H,11-12,14H2,1-2H3,(H,26,28). The lowest BCUT2D eigenvalue weighted by Gasteiger charge is -2.34. The lowest BCUT2D eigenvalue weighted by molar-refractivity contribution is 0.0986. The molecule has 0 aliphatic carbocycles. The highest BCUT2D eigenvalue weighted by Gasteiger charge is 2.23. The van der Waals surface area contributed by atoms with Gasteiger partial charge in [-0.15, -0.1) is 0 Å². The maximum absolute atomic E-state index is 12.1. The Labute approximate surface area is 186 Å². The van der Waals surface area contributed by atoms with Gasteiger partial charge in [0.1, 0.15) is 17.0 Å². The Bertz CT molecular complexity index is 1370. The van der Waals surface area contributed by atoms with Gasteiger partial charge in [0, 0.05) is 35.5 Å². The van der Waals surface area contributed by atoms with Gasteiger partial charge in [0.15, 0.2) is 0 Å². The smallest absolute Gasteiger partial charge is 0.130 e. The third-order valence-corrected chi connectivity index (χ3v) is 6.92. The molecule has 9 heteroatoms. The number of H-pyrrole nitrogens is 1. The number of morpholine rings is 1. The van der Waals surface area contributed by atoms with Crippen molar-refractivity contribution in [3.8, 4) is 22.5 Å². The molecule has 0 bridgehead atoms. The van der Waals surface area contributed by atoms with Crippen LogP contribution >= 0.6 is 0 Å². The van der Waals surface area contributed by atoms with E-state index in [1.807, 2.05) is 24.3 Å². The van der Waals surface area contributed by atoms with E-state index >= 15 is 0 Å². The summed E-state index contributed by atoms with van der Waals surface area (Å²) in [5, 5.41) is 8.04. The second-order valence-corrected chi connectivity index (χ2v) is 10.2. The molecule has 0 amide bonds. The number of hydrogen-bond donors (Lipinski definition) is 2. The van der Waals surface area contributed by atoms with Crippen LogP contribution in [0.5, 0.6) is 0 Å². The van der Waals surface area contributed by atoms with Crippen LogP contribution in [0, 0.1) is 4.78 Å². The molecule has 2 unspecified atom stereocenters. The zero-order chi connectivity index (χ0) is 22.3. The molecule has 4 heterocycles. The molecule has 4 aromatic rings. The summed E-state index contributed by atoms with van der Waals surface area (Å²) in [7, 11) is -2.77. The fourth-order valence-corrected chi connectivity index (χ4v) is 4.73. The summed E-state index contributed by atoms with van der Waals surface area (Å²) < 4.78 is 25.6. The molecule has 2 N–H and O–H groups in total. The number of pyridine rings is 2. The number of benzene rings is 1. The van der Waals surface area contributed by atoms with Crippen LogP contribution in [-0.4, -0.2) is 56.4 Å². The van der Waals surface area contributed by atoms with Crippen LogP contribution in [0.3, 0.4) is 0 Å². The van der Waals surface area contributed by atoms with E-state index in [4.69, 9.17) is 14.5 Å². The minimum absolute atomic E-state index is 0.198. The monoisotopic (exact) mass is 448 g/mol.